The molecule has 226 valence electrons. The van der Waals surface area contributed by atoms with Crippen LogP contribution in [0, 0.1) is 0 Å². The van der Waals surface area contributed by atoms with Gasteiger partial charge in [-0.05, 0) is 77.5 Å². The van der Waals surface area contributed by atoms with Crippen LogP contribution in [0.5, 0.6) is 0 Å². The van der Waals surface area contributed by atoms with E-state index in [9.17, 15) is 0 Å². The molecule has 11 aromatic rings. The van der Waals surface area contributed by atoms with E-state index in [0.29, 0.717) is 0 Å². The van der Waals surface area contributed by atoms with Gasteiger partial charge in [0.15, 0.2) is 0 Å². The molecule has 1 nitrogen and oxygen atoms in total. The average Bonchev–Trinajstić information content (AvgIpc) is 3.51. The predicted molar refractivity (Wildman–Crippen MR) is 210 cm³/mol. The molecule has 0 unspecified atom stereocenters. The second-order valence-electron chi connectivity index (χ2n) is 13.2. The molecule has 0 saturated carbocycles. The van der Waals surface area contributed by atoms with E-state index in [4.69, 9.17) is 0 Å². The Bertz CT molecular complexity index is 2940. The molecule has 0 aliphatic carbocycles. The van der Waals surface area contributed by atoms with E-state index in [1.54, 1.807) is 0 Å². The van der Waals surface area contributed by atoms with Gasteiger partial charge in [0.25, 0.3) is 0 Å². The van der Waals surface area contributed by atoms with E-state index in [-0.39, 0.29) is 0 Å². The van der Waals surface area contributed by atoms with Crippen LogP contribution < -0.4 is 0 Å². The van der Waals surface area contributed by atoms with E-state index >= 15 is 0 Å². The number of hydrogen-bond donors (Lipinski definition) is 0. The molecule has 0 atom stereocenters. The van der Waals surface area contributed by atoms with Gasteiger partial charge in [0.1, 0.15) is 0 Å². The zero-order valence-corrected chi connectivity index (χ0v) is 26.7. The second kappa shape index (κ2) is 10.0. The molecule has 0 bridgehead atoms. The zero-order chi connectivity index (χ0) is 32.1. The summed E-state index contributed by atoms with van der Waals surface area (Å²) in [5.41, 5.74) is 8.73. The van der Waals surface area contributed by atoms with Crippen LogP contribution in [0.1, 0.15) is 0 Å². The average molecular weight is 620 g/mol. The lowest BCUT2D eigenvalue weighted by Crippen LogP contribution is -1.99. The second-order valence-corrected chi connectivity index (χ2v) is 13.2. The molecule has 1 heterocycles. The SMILES string of the molecule is c1ccc2c(-c3ccc(-c4c5ccccc5c(-n5c6cccc7c8ccccc8c8cccc5c8c76)c5ccccc45)cc3)cccc2c1. The van der Waals surface area contributed by atoms with Crippen LogP contribution in [0.4, 0.5) is 0 Å². The molecule has 0 aliphatic heterocycles. The topological polar surface area (TPSA) is 4.93 Å². The standard InChI is InChI=1S/C48H29N/c1-2-14-33-30(12-1)13-9-21-34(33)31-26-28-32(29-27-31)45-39-17-5-7-19-41(39)48(42-20-8-6-18-40(42)45)49-43-24-10-22-37-35-15-3-4-16-36(35)38-23-11-25-44(49)47(38)46(37)43/h1-29H. The van der Waals surface area contributed by atoms with Crippen LogP contribution in [0.25, 0.3) is 104 Å². The van der Waals surface area contributed by atoms with E-state index in [1.165, 1.54) is 104 Å². The molecule has 1 heteroatoms. The first-order valence-electron chi connectivity index (χ1n) is 17.0. The summed E-state index contributed by atoms with van der Waals surface area (Å²) in [6.45, 7) is 0. The van der Waals surface area contributed by atoms with Crippen LogP contribution >= 0.6 is 0 Å². The predicted octanol–water partition coefficient (Wildman–Crippen LogP) is 13.3. The Kier molecular flexibility index (Phi) is 5.45. The Morgan fingerprint density at radius 1 is 0.286 bits per heavy atom. The minimum Gasteiger partial charge on any atom is -0.308 e. The first-order chi connectivity index (χ1) is 24.3. The smallest absolute Gasteiger partial charge is 0.0619 e. The van der Waals surface area contributed by atoms with Gasteiger partial charge in [0, 0.05) is 21.5 Å². The highest BCUT2D eigenvalue weighted by Crippen LogP contribution is 2.47. The molecule has 1 aromatic heterocycles. The zero-order valence-electron chi connectivity index (χ0n) is 26.7. The molecule has 0 aliphatic rings. The van der Waals surface area contributed by atoms with Gasteiger partial charge >= 0.3 is 0 Å². The summed E-state index contributed by atoms with van der Waals surface area (Å²) in [6.07, 6.45) is 0. The Labute approximate surface area is 283 Å². The molecule has 0 N–H and O–H groups in total. The minimum atomic E-state index is 1.23. The number of hydrogen-bond acceptors (Lipinski definition) is 0. The van der Waals surface area contributed by atoms with Gasteiger partial charge in [0.05, 0.1) is 16.7 Å². The number of rotatable bonds is 3. The van der Waals surface area contributed by atoms with E-state index in [1.807, 2.05) is 0 Å². The maximum atomic E-state index is 2.54. The molecule has 0 radical (unpaired) electrons. The lowest BCUT2D eigenvalue weighted by molar-refractivity contribution is 1.22. The quantitative estimate of drug-likeness (QED) is 0.137. The highest BCUT2D eigenvalue weighted by molar-refractivity contribution is 6.35. The van der Waals surface area contributed by atoms with E-state index in [2.05, 4.69) is 180 Å². The molecule has 0 spiro atoms. The first kappa shape index (κ1) is 26.6. The summed E-state index contributed by atoms with van der Waals surface area (Å²) < 4.78 is 2.54. The largest absolute Gasteiger partial charge is 0.308 e. The Balaban J connectivity index is 1.22. The summed E-state index contributed by atoms with van der Waals surface area (Å²) in [5, 5.41) is 15.5. The van der Waals surface area contributed by atoms with Crippen LogP contribution in [0.2, 0.25) is 0 Å². The number of benzene rings is 10. The molecule has 0 fully saturated rings. The third-order valence-corrected chi connectivity index (χ3v) is 10.7. The summed E-state index contributed by atoms with van der Waals surface area (Å²) in [7, 11) is 0. The van der Waals surface area contributed by atoms with Gasteiger partial charge in [-0.3, -0.25) is 0 Å². The third-order valence-electron chi connectivity index (χ3n) is 10.7. The van der Waals surface area contributed by atoms with Gasteiger partial charge in [-0.1, -0.05) is 164 Å². The molecular formula is C48H29N. The number of fused-ring (bicyclic) bond motifs is 6. The molecule has 11 rings (SSSR count). The van der Waals surface area contributed by atoms with Gasteiger partial charge in [-0.15, -0.1) is 0 Å². The van der Waals surface area contributed by atoms with Crippen molar-refractivity contribution < 1.29 is 0 Å². The van der Waals surface area contributed by atoms with Gasteiger partial charge < -0.3 is 4.57 Å². The van der Waals surface area contributed by atoms with Crippen molar-refractivity contribution in [3.63, 3.8) is 0 Å². The molecule has 0 amide bonds. The number of nitrogens with zero attached hydrogens (tertiary/aromatic N) is 1. The van der Waals surface area contributed by atoms with Gasteiger partial charge in [-0.25, -0.2) is 0 Å². The van der Waals surface area contributed by atoms with Crippen molar-refractivity contribution >= 4 is 75.7 Å². The highest BCUT2D eigenvalue weighted by Gasteiger charge is 2.23. The fourth-order valence-corrected chi connectivity index (χ4v) is 8.70. The monoisotopic (exact) mass is 619 g/mol. The van der Waals surface area contributed by atoms with Crippen molar-refractivity contribution in [2.24, 2.45) is 0 Å². The maximum absolute atomic E-state index is 2.54. The Morgan fingerprint density at radius 3 is 1.31 bits per heavy atom. The van der Waals surface area contributed by atoms with Gasteiger partial charge in [0.2, 0.25) is 0 Å². The fraction of sp³-hybridized carbons (Fsp3) is 0. The maximum Gasteiger partial charge on any atom is 0.0619 e. The summed E-state index contributed by atoms with van der Waals surface area (Å²) in [4.78, 5) is 0. The van der Waals surface area contributed by atoms with E-state index in [0.717, 1.165) is 0 Å². The summed E-state index contributed by atoms with van der Waals surface area (Å²) in [6, 6.07) is 64.9. The molecule has 0 saturated heterocycles. The van der Waals surface area contributed by atoms with E-state index < -0.39 is 0 Å². The fourth-order valence-electron chi connectivity index (χ4n) is 8.70. The van der Waals surface area contributed by atoms with Crippen LogP contribution in [-0.2, 0) is 0 Å². The Hall–Kier alpha value is -6.44. The van der Waals surface area contributed by atoms with Crippen LogP contribution in [0.15, 0.2) is 176 Å². The lowest BCUT2D eigenvalue weighted by Gasteiger charge is -2.19. The van der Waals surface area contributed by atoms with Gasteiger partial charge in [-0.2, -0.15) is 0 Å². The van der Waals surface area contributed by atoms with Crippen LogP contribution in [-0.4, -0.2) is 4.57 Å². The summed E-state index contributed by atoms with van der Waals surface area (Å²) in [5.74, 6) is 0. The van der Waals surface area contributed by atoms with Crippen molar-refractivity contribution in [2.45, 2.75) is 0 Å². The van der Waals surface area contributed by atoms with Crippen molar-refractivity contribution in [1.29, 1.82) is 0 Å². The van der Waals surface area contributed by atoms with Crippen molar-refractivity contribution in [3.8, 4) is 27.9 Å². The normalized spacial score (nSPS) is 12.1. The molecule has 10 aromatic carbocycles. The molecule has 49 heavy (non-hydrogen) atoms. The number of aromatic nitrogens is 1. The lowest BCUT2D eigenvalue weighted by atomic mass is 9.89. The first-order valence-corrected chi connectivity index (χ1v) is 17.0. The summed E-state index contributed by atoms with van der Waals surface area (Å²) >= 11 is 0. The van der Waals surface area contributed by atoms with Crippen molar-refractivity contribution in [3.05, 3.63) is 176 Å². The minimum absolute atomic E-state index is 1.23. The van der Waals surface area contributed by atoms with Crippen LogP contribution in [0.3, 0.4) is 0 Å². The third kappa shape index (κ3) is 3.65. The highest BCUT2D eigenvalue weighted by atomic mass is 15.0. The van der Waals surface area contributed by atoms with Crippen molar-refractivity contribution in [2.75, 3.05) is 0 Å². The molecular weight excluding hydrogens is 591 g/mol. The van der Waals surface area contributed by atoms with Crippen molar-refractivity contribution in [1.82, 2.24) is 4.57 Å². The Morgan fingerprint density at radius 2 is 0.714 bits per heavy atom.